The van der Waals surface area contributed by atoms with Gasteiger partial charge >= 0.3 is 0 Å². The predicted octanol–water partition coefficient (Wildman–Crippen LogP) is 9.63. The molecule has 194 valence electrons. The lowest BCUT2D eigenvalue weighted by Crippen LogP contribution is -2.58. The summed E-state index contributed by atoms with van der Waals surface area (Å²) >= 11 is 0. The highest BCUT2D eigenvalue weighted by molar-refractivity contribution is 5.32. The van der Waals surface area contributed by atoms with Gasteiger partial charge in [0.15, 0.2) is 0 Å². The van der Waals surface area contributed by atoms with Crippen molar-refractivity contribution in [2.24, 2.45) is 50.7 Å². The van der Waals surface area contributed by atoms with Gasteiger partial charge < -0.3 is 4.74 Å². The van der Waals surface area contributed by atoms with Gasteiger partial charge in [0, 0.05) is 7.11 Å². The van der Waals surface area contributed by atoms with Crippen molar-refractivity contribution in [2.45, 2.75) is 126 Å². The molecule has 0 aliphatic heterocycles. The molecule has 8 atom stereocenters. The van der Waals surface area contributed by atoms with Gasteiger partial charge in [-0.2, -0.15) is 0 Å². The van der Waals surface area contributed by atoms with Crippen LogP contribution in [0.3, 0.4) is 0 Å². The summed E-state index contributed by atoms with van der Waals surface area (Å²) in [6.45, 7) is 26.9. The summed E-state index contributed by atoms with van der Waals surface area (Å²) in [5.74, 6) is 3.17. The molecule has 0 aromatic heterocycles. The van der Waals surface area contributed by atoms with Gasteiger partial charge in [-0.3, -0.25) is 0 Å². The minimum Gasteiger partial charge on any atom is -0.381 e. The van der Waals surface area contributed by atoms with Crippen LogP contribution in [0.25, 0.3) is 0 Å². The van der Waals surface area contributed by atoms with Crippen LogP contribution in [0.15, 0.2) is 23.8 Å². The van der Waals surface area contributed by atoms with Gasteiger partial charge in [-0.05, 0) is 115 Å². The molecule has 0 heterocycles. The SMILES string of the molecule is C=C(C)C(C)(C)CC[C@@H](C)[C@H]1CC[C@@]2(C)[C@@H]3CC[C@H]4C(C)(C)[C@@H](OC)CC[C@]4(C)C3=CC[C@]12C. The summed E-state index contributed by atoms with van der Waals surface area (Å²) in [6.07, 6.45) is 15.3. The fourth-order valence-corrected chi connectivity index (χ4v) is 10.1. The van der Waals surface area contributed by atoms with Crippen molar-refractivity contribution in [3.05, 3.63) is 23.8 Å². The highest BCUT2D eigenvalue weighted by Gasteiger charge is 2.65. The largest absolute Gasteiger partial charge is 0.381 e. The lowest BCUT2D eigenvalue weighted by atomic mass is 9.41. The summed E-state index contributed by atoms with van der Waals surface area (Å²) in [7, 11) is 1.93. The molecule has 0 bridgehead atoms. The molecule has 4 aliphatic rings. The molecule has 0 amide bonds. The number of fused-ring (bicyclic) bond motifs is 5. The fourth-order valence-electron chi connectivity index (χ4n) is 10.1. The van der Waals surface area contributed by atoms with E-state index in [0.29, 0.717) is 22.3 Å². The highest BCUT2D eigenvalue weighted by atomic mass is 16.5. The van der Waals surface area contributed by atoms with Crippen LogP contribution in [0.4, 0.5) is 0 Å². The fraction of sp³-hybridized carbons (Fsp3) is 0.879. The van der Waals surface area contributed by atoms with Gasteiger partial charge in [-0.15, -0.1) is 0 Å². The van der Waals surface area contributed by atoms with E-state index in [-0.39, 0.29) is 10.8 Å². The zero-order valence-corrected chi connectivity index (χ0v) is 24.4. The lowest BCUT2D eigenvalue weighted by molar-refractivity contribution is -0.130. The van der Waals surface area contributed by atoms with Gasteiger partial charge in [0.05, 0.1) is 6.10 Å². The van der Waals surface area contributed by atoms with Crippen molar-refractivity contribution < 1.29 is 4.74 Å². The van der Waals surface area contributed by atoms with Gasteiger partial charge in [0.2, 0.25) is 0 Å². The van der Waals surface area contributed by atoms with E-state index in [2.05, 4.69) is 75.0 Å². The molecule has 0 aromatic carbocycles. The van der Waals surface area contributed by atoms with Crippen molar-refractivity contribution in [3.63, 3.8) is 0 Å². The molecule has 0 unspecified atom stereocenters. The molecule has 0 saturated heterocycles. The minimum atomic E-state index is 0.261. The van der Waals surface area contributed by atoms with E-state index in [9.17, 15) is 0 Å². The van der Waals surface area contributed by atoms with E-state index in [1.54, 1.807) is 0 Å². The molecule has 0 aromatic rings. The van der Waals surface area contributed by atoms with Gasteiger partial charge in [-0.1, -0.05) is 79.2 Å². The molecular formula is C33H56O. The smallest absolute Gasteiger partial charge is 0.0625 e. The second-order valence-corrected chi connectivity index (χ2v) is 15.2. The molecule has 1 heteroatoms. The summed E-state index contributed by atoms with van der Waals surface area (Å²) in [5.41, 5.74) is 4.98. The number of methoxy groups -OCH3 is 1. The van der Waals surface area contributed by atoms with E-state index in [4.69, 9.17) is 4.74 Å². The van der Waals surface area contributed by atoms with Crippen LogP contribution in [0.5, 0.6) is 0 Å². The van der Waals surface area contributed by atoms with E-state index in [1.807, 2.05) is 12.7 Å². The number of allylic oxidation sites excluding steroid dienone is 3. The van der Waals surface area contributed by atoms with Crippen LogP contribution in [0.1, 0.15) is 120 Å². The van der Waals surface area contributed by atoms with Crippen molar-refractivity contribution >= 4 is 0 Å². The second-order valence-electron chi connectivity index (χ2n) is 15.2. The van der Waals surface area contributed by atoms with Crippen LogP contribution >= 0.6 is 0 Å². The number of rotatable bonds is 6. The molecule has 3 saturated carbocycles. The molecule has 34 heavy (non-hydrogen) atoms. The van der Waals surface area contributed by atoms with Gasteiger partial charge in [0.25, 0.3) is 0 Å². The van der Waals surface area contributed by atoms with Crippen molar-refractivity contribution in [2.75, 3.05) is 7.11 Å². The quantitative estimate of drug-likeness (QED) is 0.352. The third-order valence-electron chi connectivity index (χ3n) is 13.2. The van der Waals surface area contributed by atoms with Crippen molar-refractivity contribution in [3.8, 4) is 0 Å². The molecule has 0 radical (unpaired) electrons. The number of hydrogen-bond acceptors (Lipinski definition) is 1. The zero-order chi connectivity index (χ0) is 25.3. The Morgan fingerprint density at radius 1 is 1.06 bits per heavy atom. The van der Waals surface area contributed by atoms with Crippen molar-refractivity contribution in [1.82, 2.24) is 0 Å². The second kappa shape index (κ2) is 8.49. The number of hydrogen-bond donors (Lipinski definition) is 0. The van der Waals surface area contributed by atoms with Crippen molar-refractivity contribution in [1.29, 1.82) is 0 Å². The van der Waals surface area contributed by atoms with Crippen LogP contribution in [0.2, 0.25) is 0 Å². The molecule has 4 aliphatic carbocycles. The van der Waals surface area contributed by atoms with Crippen LogP contribution < -0.4 is 0 Å². The maximum absolute atomic E-state index is 6.02. The first-order chi connectivity index (χ1) is 15.6. The summed E-state index contributed by atoms with van der Waals surface area (Å²) < 4.78 is 6.02. The Morgan fingerprint density at radius 3 is 2.35 bits per heavy atom. The van der Waals surface area contributed by atoms with E-state index in [0.717, 1.165) is 23.7 Å². The maximum atomic E-state index is 6.02. The molecule has 4 rings (SSSR count). The molecule has 3 fully saturated rings. The maximum Gasteiger partial charge on any atom is 0.0625 e. The third kappa shape index (κ3) is 3.64. The van der Waals surface area contributed by atoms with E-state index < -0.39 is 0 Å². The molecule has 1 nitrogen and oxygen atoms in total. The standard InChI is InChI=1S/C33H56O/c1-22(2)29(4,5)18-14-23(3)24-15-20-33(10)26-12-13-27-30(6,7)28(34-11)17-19-31(27,8)25(26)16-21-32(24,33)9/h16,23-24,26-28H,1,12-15,17-21H2,2-11H3/t23-,24-,26-,27+,28+,31-,32-,33+/m1/s1. The highest BCUT2D eigenvalue weighted by Crippen LogP contribution is 2.73. The van der Waals surface area contributed by atoms with E-state index >= 15 is 0 Å². The Labute approximate surface area is 212 Å². The lowest BCUT2D eigenvalue weighted by Gasteiger charge is -2.64. The van der Waals surface area contributed by atoms with Gasteiger partial charge in [-0.25, -0.2) is 0 Å². The summed E-state index contributed by atoms with van der Waals surface area (Å²) in [4.78, 5) is 0. The van der Waals surface area contributed by atoms with Gasteiger partial charge in [0.1, 0.15) is 0 Å². The number of ether oxygens (including phenoxy) is 1. The molecule has 0 N–H and O–H groups in total. The average molecular weight is 469 g/mol. The first-order valence-electron chi connectivity index (χ1n) is 14.5. The summed E-state index contributed by atoms with van der Waals surface area (Å²) in [5, 5.41) is 0. The molecular weight excluding hydrogens is 412 g/mol. The normalized spacial score (nSPS) is 44.5. The zero-order valence-electron chi connectivity index (χ0n) is 24.4. The minimum absolute atomic E-state index is 0.261. The van der Waals surface area contributed by atoms with Crippen LogP contribution in [-0.4, -0.2) is 13.2 Å². The first-order valence-corrected chi connectivity index (χ1v) is 14.5. The average Bonchev–Trinajstić information content (AvgIpc) is 3.03. The third-order valence-corrected chi connectivity index (χ3v) is 13.2. The Balaban J connectivity index is 1.60. The Bertz CT molecular complexity index is 831. The van der Waals surface area contributed by atoms with Crippen LogP contribution in [0, 0.1) is 50.7 Å². The Kier molecular flexibility index (Phi) is 6.62. The summed E-state index contributed by atoms with van der Waals surface area (Å²) in [6, 6.07) is 0. The van der Waals surface area contributed by atoms with Crippen LogP contribution in [-0.2, 0) is 4.74 Å². The first kappa shape index (κ1) is 26.5. The monoisotopic (exact) mass is 468 g/mol. The Morgan fingerprint density at radius 2 is 1.74 bits per heavy atom. The Hall–Kier alpha value is -0.560. The predicted molar refractivity (Wildman–Crippen MR) is 147 cm³/mol. The molecule has 0 spiro atoms. The van der Waals surface area contributed by atoms with E-state index in [1.165, 1.54) is 63.4 Å². The topological polar surface area (TPSA) is 9.23 Å².